The van der Waals surface area contributed by atoms with Crippen LogP contribution in [0.5, 0.6) is 11.5 Å². The SMILES string of the molecule is CCOc1cc2c(cc1OCC)[C@H](CC(=O)O)N(C(=O)Nc1cccc(C(F)(F)F)c1)CC2. The van der Waals surface area contributed by atoms with Gasteiger partial charge in [-0.3, -0.25) is 4.79 Å². The van der Waals surface area contributed by atoms with Gasteiger partial charge < -0.3 is 24.8 Å². The number of hydrogen-bond donors (Lipinski definition) is 2. The molecule has 2 amide bonds. The Balaban J connectivity index is 1.93. The molecule has 0 aromatic heterocycles. The maximum atomic E-state index is 13.0. The molecule has 0 radical (unpaired) electrons. The predicted octanol–water partition coefficient (Wildman–Crippen LogP) is 5.11. The minimum atomic E-state index is -4.55. The van der Waals surface area contributed by atoms with Crippen LogP contribution in [0.25, 0.3) is 0 Å². The molecular formula is C23H25F3N2O5. The summed E-state index contributed by atoms with van der Waals surface area (Å²) in [6, 6.07) is 6.25. The second kappa shape index (κ2) is 10.0. The van der Waals surface area contributed by atoms with Gasteiger partial charge in [0.2, 0.25) is 0 Å². The highest BCUT2D eigenvalue weighted by atomic mass is 19.4. The molecule has 0 spiro atoms. The van der Waals surface area contributed by atoms with Crippen molar-refractivity contribution in [2.24, 2.45) is 0 Å². The Kier molecular flexibility index (Phi) is 7.35. The number of halogens is 3. The van der Waals surface area contributed by atoms with E-state index >= 15 is 0 Å². The number of carboxylic acid groups (broad SMARTS) is 1. The number of ether oxygens (including phenoxy) is 2. The van der Waals surface area contributed by atoms with E-state index < -0.39 is 29.8 Å². The van der Waals surface area contributed by atoms with Gasteiger partial charge in [0.25, 0.3) is 0 Å². The molecule has 0 bridgehead atoms. The second-order valence-electron chi connectivity index (χ2n) is 7.43. The lowest BCUT2D eigenvalue weighted by molar-refractivity contribution is -0.139. The summed E-state index contributed by atoms with van der Waals surface area (Å²) in [7, 11) is 0. The van der Waals surface area contributed by atoms with Gasteiger partial charge in [0.1, 0.15) is 0 Å². The van der Waals surface area contributed by atoms with Crippen molar-refractivity contribution in [2.75, 3.05) is 25.1 Å². The number of fused-ring (bicyclic) bond motifs is 1. The van der Waals surface area contributed by atoms with Gasteiger partial charge in [-0.25, -0.2) is 4.79 Å². The number of nitrogens with one attached hydrogen (secondary N) is 1. The predicted molar refractivity (Wildman–Crippen MR) is 115 cm³/mol. The van der Waals surface area contributed by atoms with Gasteiger partial charge in [0, 0.05) is 12.2 Å². The molecule has 0 unspecified atom stereocenters. The van der Waals surface area contributed by atoms with Gasteiger partial charge in [-0.05, 0) is 61.7 Å². The maximum Gasteiger partial charge on any atom is 0.416 e. The van der Waals surface area contributed by atoms with E-state index in [-0.39, 0.29) is 18.7 Å². The zero-order chi connectivity index (χ0) is 24.2. The fourth-order valence-corrected chi connectivity index (χ4v) is 3.84. The number of nitrogens with zero attached hydrogens (tertiary/aromatic N) is 1. The number of alkyl halides is 3. The third-order valence-corrected chi connectivity index (χ3v) is 5.23. The van der Waals surface area contributed by atoms with E-state index in [0.29, 0.717) is 36.7 Å². The highest BCUT2D eigenvalue weighted by Crippen LogP contribution is 2.40. The van der Waals surface area contributed by atoms with E-state index in [1.807, 2.05) is 6.92 Å². The normalized spacial score (nSPS) is 15.5. The van der Waals surface area contributed by atoms with Gasteiger partial charge in [-0.1, -0.05) is 6.07 Å². The Bertz CT molecular complexity index is 1030. The van der Waals surface area contributed by atoms with Crippen LogP contribution in [0.3, 0.4) is 0 Å². The lowest BCUT2D eigenvalue weighted by Gasteiger charge is -2.37. The van der Waals surface area contributed by atoms with E-state index in [2.05, 4.69) is 5.32 Å². The van der Waals surface area contributed by atoms with Crippen molar-refractivity contribution in [3.05, 3.63) is 53.1 Å². The number of hydrogen-bond acceptors (Lipinski definition) is 4. The monoisotopic (exact) mass is 466 g/mol. The molecule has 0 aliphatic carbocycles. The number of rotatable bonds is 7. The van der Waals surface area contributed by atoms with Crippen LogP contribution >= 0.6 is 0 Å². The van der Waals surface area contributed by atoms with Gasteiger partial charge >= 0.3 is 18.2 Å². The molecule has 2 aromatic carbocycles. The first-order valence-electron chi connectivity index (χ1n) is 10.5. The minimum absolute atomic E-state index is 0.0311. The Morgan fingerprint density at radius 2 is 1.79 bits per heavy atom. The van der Waals surface area contributed by atoms with Gasteiger partial charge in [0.15, 0.2) is 11.5 Å². The van der Waals surface area contributed by atoms with Crippen LogP contribution < -0.4 is 14.8 Å². The lowest BCUT2D eigenvalue weighted by Crippen LogP contribution is -2.43. The summed E-state index contributed by atoms with van der Waals surface area (Å²) in [5.41, 5.74) is 0.513. The standard InChI is InChI=1S/C23H25F3N2O5/c1-3-32-19-10-14-8-9-28(18(13-21(29)30)17(14)12-20(19)33-4-2)22(31)27-16-7-5-6-15(11-16)23(24,25)26/h5-7,10-12,18H,3-4,8-9,13H2,1-2H3,(H,27,31)(H,29,30)/t18-/m0/s1. The van der Waals surface area contributed by atoms with Gasteiger partial charge in [0.05, 0.1) is 31.2 Å². The van der Waals surface area contributed by atoms with Crippen molar-refractivity contribution < 1.29 is 37.3 Å². The summed E-state index contributed by atoms with van der Waals surface area (Å²) in [6.45, 7) is 4.61. The molecule has 3 rings (SSSR count). The summed E-state index contributed by atoms with van der Waals surface area (Å²) in [6.07, 6.45) is -4.50. The van der Waals surface area contributed by atoms with Crippen molar-refractivity contribution in [1.82, 2.24) is 4.90 Å². The average Bonchev–Trinajstić information content (AvgIpc) is 2.74. The summed E-state index contributed by atoms with van der Waals surface area (Å²) >= 11 is 0. The summed E-state index contributed by atoms with van der Waals surface area (Å²) in [5, 5.41) is 11.9. The van der Waals surface area contributed by atoms with Crippen molar-refractivity contribution >= 4 is 17.7 Å². The van der Waals surface area contributed by atoms with Crippen LogP contribution in [0, 0.1) is 0 Å². The topological polar surface area (TPSA) is 88.1 Å². The van der Waals surface area contributed by atoms with Gasteiger partial charge in [-0.15, -0.1) is 0 Å². The zero-order valence-electron chi connectivity index (χ0n) is 18.2. The first-order valence-corrected chi connectivity index (χ1v) is 10.5. The number of carbonyl (C=O) groups is 2. The minimum Gasteiger partial charge on any atom is -0.490 e. The van der Waals surface area contributed by atoms with Crippen LogP contribution in [0.2, 0.25) is 0 Å². The van der Waals surface area contributed by atoms with Crippen molar-refractivity contribution in [1.29, 1.82) is 0 Å². The molecule has 0 saturated heterocycles. The number of benzene rings is 2. The molecule has 33 heavy (non-hydrogen) atoms. The number of urea groups is 1. The molecule has 0 fully saturated rings. The summed E-state index contributed by atoms with van der Waals surface area (Å²) in [5.74, 6) is -0.140. The Morgan fingerprint density at radius 1 is 1.12 bits per heavy atom. The molecular weight excluding hydrogens is 441 g/mol. The molecule has 7 nitrogen and oxygen atoms in total. The number of anilines is 1. The number of carboxylic acids is 1. The van der Waals surface area contributed by atoms with E-state index in [0.717, 1.165) is 17.7 Å². The Morgan fingerprint density at radius 3 is 2.39 bits per heavy atom. The molecule has 1 aliphatic heterocycles. The largest absolute Gasteiger partial charge is 0.490 e. The Labute approximate surface area is 189 Å². The number of amides is 2. The number of aliphatic carboxylic acids is 1. The van der Waals surface area contributed by atoms with Crippen molar-refractivity contribution in [3.8, 4) is 11.5 Å². The highest BCUT2D eigenvalue weighted by molar-refractivity contribution is 5.90. The first-order chi connectivity index (χ1) is 15.6. The smallest absolute Gasteiger partial charge is 0.416 e. The highest BCUT2D eigenvalue weighted by Gasteiger charge is 2.35. The van der Waals surface area contributed by atoms with Crippen LogP contribution in [0.4, 0.5) is 23.7 Å². The molecule has 1 atom stereocenters. The average molecular weight is 466 g/mol. The van der Waals surface area contributed by atoms with E-state index in [9.17, 15) is 27.9 Å². The van der Waals surface area contributed by atoms with Crippen molar-refractivity contribution in [2.45, 2.75) is 38.9 Å². The van der Waals surface area contributed by atoms with E-state index in [4.69, 9.17) is 9.47 Å². The van der Waals surface area contributed by atoms with E-state index in [1.165, 1.54) is 17.0 Å². The maximum absolute atomic E-state index is 13.0. The zero-order valence-corrected chi connectivity index (χ0v) is 18.2. The molecule has 1 heterocycles. The third kappa shape index (κ3) is 5.68. The molecule has 10 heteroatoms. The number of carbonyl (C=O) groups excluding carboxylic acids is 1. The lowest BCUT2D eigenvalue weighted by atomic mass is 9.90. The second-order valence-corrected chi connectivity index (χ2v) is 7.43. The first kappa shape index (κ1) is 24.2. The molecule has 178 valence electrons. The third-order valence-electron chi connectivity index (χ3n) is 5.23. The van der Waals surface area contributed by atoms with Crippen LogP contribution in [0.1, 0.15) is 43.0 Å². The summed E-state index contributed by atoms with van der Waals surface area (Å²) in [4.78, 5) is 25.9. The van der Waals surface area contributed by atoms with Crippen LogP contribution in [0.15, 0.2) is 36.4 Å². The van der Waals surface area contributed by atoms with Gasteiger partial charge in [-0.2, -0.15) is 13.2 Å². The van der Waals surface area contributed by atoms with Crippen LogP contribution in [-0.4, -0.2) is 41.8 Å². The summed E-state index contributed by atoms with van der Waals surface area (Å²) < 4.78 is 50.3. The molecule has 2 N–H and O–H groups in total. The molecule has 1 aliphatic rings. The fraction of sp³-hybridized carbons (Fsp3) is 0.391. The van der Waals surface area contributed by atoms with Crippen LogP contribution in [-0.2, 0) is 17.4 Å². The Hall–Kier alpha value is -3.43. The molecule has 2 aromatic rings. The quantitative estimate of drug-likeness (QED) is 0.592. The van der Waals surface area contributed by atoms with E-state index in [1.54, 1.807) is 19.1 Å². The van der Waals surface area contributed by atoms with Crippen molar-refractivity contribution in [3.63, 3.8) is 0 Å². The molecule has 0 saturated carbocycles. The fourth-order valence-electron chi connectivity index (χ4n) is 3.84.